The summed E-state index contributed by atoms with van der Waals surface area (Å²) in [6.07, 6.45) is 1.55. The van der Waals surface area contributed by atoms with Gasteiger partial charge in [-0.15, -0.1) is 11.3 Å². The monoisotopic (exact) mass is 402 g/mol. The average Bonchev–Trinajstić information content (AvgIpc) is 3.08. The second kappa shape index (κ2) is 9.59. The van der Waals surface area contributed by atoms with Gasteiger partial charge in [-0.25, -0.2) is 0 Å². The molecule has 0 bridgehead atoms. The number of hydrogen-bond donors (Lipinski definition) is 0. The fourth-order valence-corrected chi connectivity index (χ4v) is 4.06. The highest BCUT2D eigenvalue weighted by Crippen LogP contribution is 2.28. The maximum absolute atomic E-state index is 12.8. The molecule has 1 aliphatic rings. The van der Waals surface area contributed by atoms with Crippen molar-refractivity contribution in [3.05, 3.63) is 46.2 Å². The molecule has 3 rings (SSSR count). The molecule has 0 unspecified atom stereocenters. The molecular formula is C21H26N2O4S. The molecule has 0 N–H and O–H groups in total. The Kier molecular flexibility index (Phi) is 6.92. The summed E-state index contributed by atoms with van der Waals surface area (Å²) in [5, 5.41) is 1.99. The van der Waals surface area contributed by atoms with Crippen molar-refractivity contribution in [2.24, 2.45) is 0 Å². The van der Waals surface area contributed by atoms with Crippen molar-refractivity contribution >= 4 is 23.2 Å². The maximum Gasteiger partial charge on any atom is 0.227 e. The fraction of sp³-hybridized carbons (Fsp3) is 0.429. The molecule has 2 aromatic rings. The van der Waals surface area contributed by atoms with E-state index in [1.54, 1.807) is 25.6 Å². The van der Waals surface area contributed by atoms with Crippen LogP contribution in [0.3, 0.4) is 0 Å². The molecule has 2 amide bonds. The number of methoxy groups -OCH3 is 2. The first kappa shape index (κ1) is 20.2. The van der Waals surface area contributed by atoms with Crippen LogP contribution in [0.2, 0.25) is 0 Å². The molecule has 1 aromatic carbocycles. The summed E-state index contributed by atoms with van der Waals surface area (Å²) < 4.78 is 10.6. The smallest absolute Gasteiger partial charge is 0.227 e. The normalized spacial score (nSPS) is 14.5. The lowest BCUT2D eigenvalue weighted by atomic mass is 10.1. The van der Waals surface area contributed by atoms with Crippen molar-refractivity contribution in [1.82, 2.24) is 9.80 Å². The van der Waals surface area contributed by atoms with Gasteiger partial charge in [0, 0.05) is 31.1 Å². The van der Waals surface area contributed by atoms with Gasteiger partial charge in [0.05, 0.1) is 27.1 Å². The van der Waals surface area contributed by atoms with Gasteiger partial charge >= 0.3 is 0 Å². The quantitative estimate of drug-likeness (QED) is 0.745. The first-order valence-electron chi connectivity index (χ1n) is 9.39. The summed E-state index contributed by atoms with van der Waals surface area (Å²) >= 11 is 1.60. The third kappa shape index (κ3) is 5.04. The molecular weight excluding hydrogens is 376 g/mol. The molecule has 0 aliphatic carbocycles. The van der Waals surface area contributed by atoms with E-state index in [9.17, 15) is 9.59 Å². The van der Waals surface area contributed by atoms with Gasteiger partial charge in [-0.2, -0.15) is 0 Å². The van der Waals surface area contributed by atoms with Crippen molar-refractivity contribution in [3.8, 4) is 11.5 Å². The second-order valence-electron chi connectivity index (χ2n) is 6.74. The molecule has 28 heavy (non-hydrogen) atoms. The van der Waals surface area contributed by atoms with Crippen molar-refractivity contribution in [3.63, 3.8) is 0 Å². The Morgan fingerprint density at radius 3 is 2.21 bits per heavy atom. The minimum atomic E-state index is 0.0692. The summed E-state index contributed by atoms with van der Waals surface area (Å²) in [5.74, 6) is 1.47. The number of carbonyl (C=O) groups is 2. The van der Waals surface area contributed by atoms with Gasteiger partial charge in [-0.3, -0.25) is 9.59 Å². The van der Waals surface area contributed by atoms with Crippen LogP contribution in [0.5, 0.6) is 11.5 Å². The molecule has 6 nitrogen and oxygen atoms in total. The average molecular weight is 403 g/mol. The van der Waals surface area contributed by atoms with Crippen LogP contribution in [0.4, 0.5) is 0 Å². The highest BCUT2D eigenvalue weighted by atomic mass is 32.1. The topological polar surface area (TPSA) is 59.1 Å². The Morgan fingerprint density at radius 2 is 1.61 bits per heavy atom. The van der Waals surface area contributed by atoms with Gasteiger partial charge in [-0.05, 0) is 35.6 Å². The highest BCUT2D eigenvalue weighted by Gasteiger charge is 2.22. The van der Waals surface area contributed by atoms with Crippen LogP contribution in [-0.2, 0) is 22.4 Å². The third-order valence-electron chi connectivity index (χ3n) is 4.91. The number of rotatable bonds is 6. The Balaban J connectivity index is 1.56. The minimum Gasteiger partial charge on any atom is -0.493 e. The number of ether oxygens (including phenoxy) is 2. The number of carbonyl (C=O) groups excluding carboxylic acids is 2. The number of benzene rings is 1. The zero-order valence-electron chi connectivity index (χ0n) is 16.3. The molecule has 0 atom stereocenters. The highest BCUT2D eigenvalue weighted by molar-refractivity contribution is 7.10. The predicted octanol–water partition coefficient (Wildman–Crippen LogP) is 2.61. The zero-order chi connectivity index (χ0) is 19.9. The van der Waals surface area contributed by atoms with Gasteiger partial charge in [0.2, 0.25) is 11.8 Å². The molecule has 7 heteroatoms. The van der Waals surface area contributed by atoms with Gasteiger partial charge in [0.15, 0.2) is 11.5 Å². The summed E-state index contributed by atoms with van der Waals surface area (Å²) in [4.78, 5) is 30.1. The summed E-state index contributed by atoms with van der Waals surface area (Å²) in [6, 6.07) is 9.48. The number of nitrogens with zero attached hydrogens (tertiary/aromatic N) is 2. The minimum absolute atomic E-state index is 0.0692. The van der Waals surface area contributed by atoms with Crippen molar-refractivity contribution < 1.29 is 19.1 Å². The Hall–Kier alpha value is -2.54. The lowest BCUT2D eigenvalue weighted by molar-refractivity contribution is -0.132. The van der Waals surface area contributed by atoms with Gasteiger partial charge < -0.3 is 19.3 Å². The van der Waals surface area contributed by atoms with E-state index in [-0.39, 0.29) is 11.8 Å². The predicted molar refractivity (Wildman–Crippen MR) is 109 cm³/mol. The standard InChI is InChI=1S/C21H26N2O4S/c1-26-18-7-6-16(13-19(18)27-2)14-20(24)22-8-4-9-23(11-10-22)21(25)15-17-5-3-12-28-17/h3,5-7,12-13H,4,8-11,14-15H2,1-2H3. The Morgan fingerprint density at radius 1 is 0.929 bits per heavy atom. The van der Waals surface area contributed by atoms with Gasteiger partial charge in [-0.1, -0.05) is 12.1 Å². The van der Waals surface area contributed by atoms with Crippen LogP contribution in [0.25, 0.3) is 0 Å². The molecule has 0 radical (unpaired) electrons. The molecule has 2 heterocycles. The van der Waals surface area contributed by atoms with Gasteiger partial charge in [0.1, 0.15) is 0 Å². The maximum atomic E-state index is 12.8. The Bertz CT molecular complexity index is 807. The van der Waals surface area contributed by atoms with Crippen LogP contribution in [0.15, 0.2) is 35.7 Å². The lowest BCUT2D eigenvalue weighted by Crippen LogP contribution is -2.38. The zero-order valence-corrected chi connectivity index (χ0v) is 17.2. The van der Waals surface area contributed by atoms with Crippen LogP contribution < -0.4 is 9.47 Å². The van der Waals surface area contributed by atoms with E-state index in [2.05, 4.69) is 0 Å². The molecule has 1 aromatic heterocycles. The SMILES string of the molecule is COc1ccc(CC(=O)N2CCCN(C(=O)Cc3cccs3)CC2)cc1OC. The second-order valence-corrected chi connectivity index (χ2v) is 7.77. The van der Waals surface area contributed by atoms with Crippen LogP contribution in [0.1, 0.15) is 16.9 Å². The third-order valence-corrected chi connectivity index (χ3v) is 5.79. The molecule has 150 valence electrons. The number of amides is 2. The summed E-state index contributed by atoms with van der Waals surface area (Å²) in [7, 11) is 3.17. The van der Waals surface area contributed by atoms with Crippen LogP contribution >= 0.6 is 11.3 Å². The fourth-order valence-electron chi connectivity index (χ4n) is 3.37. The summed E-state index contributed by atoms with van der Waals surface area (Å²) in [5.41, 5.74) is 0.887. The molecule has 1 fully saturated rings. The van der Waals surface area contributed by atoms with E-state index in [4.69, 9.17) is 9.47 Å². The lowest BCUT2D eigenvalue weighted by Gasteiger charge is -2.22. The first-order chi connectivity index (χ1) is 13.6. The van der Waals surface area contributed by atoms with E-state index in [0.717, 1.165) is 16.9 Å². The number of hydrogen-bond acceptors (Lipinski definition) is 5. The Labute approximate surface area is 169 Å². The molecule has 1 saturated heterocycles. The largest absolute Gasteiger partial charge is 0.493 e. The van der Waals surface area contributed by atoms with Crippen molar-refractivity contribution in [2.75, 3.05) is 40.4 Å². The first-order valence-corrected chi connectivity index (χ1v) is 10.3. The van der Waals surface area contributed by atoms with E-state index in [0.29, 0.717) is 50.5 Å². The van der Waals surface area contributed by atoms with Crippen LogP contribution in [0, 0.1) is 0 Å². The van der Waals surface area contributed by atoms with E-state index < -0.39 is 0 Å². The molecule has 0 saturated carbocycles. The van der Waals surface area contributed by atoms with E-state index >= 15 is 0 Å². The van der Waals surface area contributed by atoms with Crippen molar-refractivity contribution in [2.45, 2.75) is 19.3 Å². The van der Waals surface area contributed by atoms with Crippen molar-refractivity contribution in [1.29, 1.82) is 0 Å². The number of thiophene rings is 1. The van der Waals surface area contributed by atoms with Crippen LogP contribution in [-0.4, -0.2) is 62.0 Å². The van der Waals surface area contributed by atoms with E-state index in [1.165, 1.54) is 0 Å². The molecule has 0 spiro atoms. The molecule has 1 aliphatic heterocycles. The van der Waals surface area contributed by atoms with E-state index in [1.807, 2.05) is 45.5 Å². The summed E-state index contributed by atoms with van der Waals surface area (Å²) in [6.45, 7) is 2.53. The van der Waals surface area contributed by atoms with Gasteiger partial charge in [0.25, 0.3) is 0 Å².